The number of benzene rings is 1. The van der Waals surface area contributed by atoms with Gasteiger partial charge in [-0.15, -0.1) is 0 Å². The number of hydrogen-bond donors (Lipinski definition) is 2. The maximum absolute atomic E-state index is 12.0. The number of carbonyl (C=O) groups excluding carboxylic acids is 2. The first-order valence-electron chi connectivity index (χ1n) is 6.82. The van der Waals surface area contributed by atoms with Gasteiger partial charge in [0.2, 0.25) is 0 Å². The van der Waals surface area contributed by atoms with Crippen LogP contribution in [0, 0.1) is 13.8 Å². The number of carboxylic acid groups (broad SMARTS) is 1. The molecular formula is C15H20NNaO5S. The van der Waals surface area contributed by atoms with Gasteiger partial charge in [0.15, 0.2) is 0 Å². The van der Waals surface area contributed by atoms with Crippen molar-refractivity contribution in [3.63, 3.8) is 0 Å². The van der Waals surface area contributed by atoms with Crippen LogP contribution in [-0.2, 0) is 9.59 Å². The van der Waals surface area contributed by atoms with Crippen LogP contribution in [0.4, 0.5) is 5.69 Å². The molecule has 0 radical (unpaired) electrons. The summed E-state index contributed by atoms with van der Waals surface area (Å²) in [7, 11) is 0. The largest absolute Gasteiger partial charge is 1.00 e. The van der Waals surface area contributed by atoms with Gasteiger partial charge in [0.25, 0.3) is 5.91 Å². The second-order valence-corrected chi connectivity index (χ2v) is 6.00. The number of rotatable bonds is 8. The molecule has 1 rings (SSSR count). The van der Waals surface area contributed by atoms with Crippen molar-refractivity contribution in [3.8, 4) is 0 Å². The Morgan fingerprint density at radius 2 is 1.87 bits per heavy atom. The summed E-state index contributed by atoms with van der Waals surface area (Å²) in [6.45, 7) is 3.48. The third-order valence-corrected chi connectivity index (χ3v) is 4.18. The summed E-state index contributed by atoms with van der Waals surface area (Å²) in [5, 5.41) is 28.7. The third-order valence-electron chi connectivity index (χ3n) is 3.15. The summed E-state index contributed by atoms with van der Waals surface area (Å²) >= 11 is 1.21. The van der Waals surface area contributed by atoms with Gasteiger partial charge in [-0.05, 0) is 25.0 Å². The number of carboxylic acids is 1. The first-order valence-corrected chi connectivity index (χ1v) is 7.98. The number of hydrogen-bond acceptors (Lipinski definition) is 6. The maximum atomic E-state index is 12.0. The number of aliphatic hydroxyl groups is 2. The van der Waals surface area contributed by atoms with Gasteiger partial charge in [-0.2, -0.15) is 11.8 Å². The average molecular weight is 349 g/mol. The van der Waals surface area contributed by atoms with E-state index in [0.717, 1.165) is 16.8 Å². The zero-order chi connectivity index (χ0) is 16.7. The number of aryl methyl sites for hydroxylation is 2. The third kappa shape index (κ3) is 6.82. The van der Waals surface area contributed by atoms with Gasteiger partial charge in [-0.25, -0.2) is 0 Å². The van der Waals surface area contributed by atoms with Crippen molar-refractivity contribution in [2.75, 3.05) is 29.6 Å². The Bertz CT molecular complexity index is 520. The molecule has 23 heavy (non-hydrogen) atoms. The SMILES string of the molecule is Cc1cccc(C)c1N(CCSCC(O)C(=O)[O-])C(=O)CO.[Na+]. The number of nitrogens with zero attached hydrogens (tertiary/aromatic N) is 1. The van der Waals surface area contributed by atoms with Crippen molar-refractivity contribution in [1.82, 2.24) is 0 Å². The number of carbonyl (C=O) groups is 2. The zero-order valence-electron chi connectivity index (χ0n) is 13.6. The Kier molecular flexibility index (Phi) is 10.8. The normalized spacial score (nSPS) is 11.5. The van der Waals surface area contributed by atoms with E-state index in [2.05, 4.69) is 0 Å². The molecule has 0 aromatic heterocycles. The Morgan fingerprint density at radius 1 is 1.30 bits per heavy atom. The summed E-state index contributed by atoms with van der Waals surface area (Å²) in [5.74, 6) is -1.50. The molecule has 8 heteroatoms. The fourth-order valence-corrected chi connectivity index (χ4v) is 2.93. The number of aliphatic carboxylic acids is 1. The summed E-state index contributed by atoms with van der Waals surface area (Å²) in [4.78, 5) is 23.9. The van der Waals surface area contributed by atoms with Crippen LogP contribution in [0.3, 0.4) is 0 Å². The molecule has 0 aliphatic rings. The predicted octanol–water partition coefficient (Wildman–Crippen LogP) is -3.52. The van der Waals surface area contributed by atoms with Crippen molar-refractivity contribution in [2.24, 2.45) is 0 Å². The smallest absolute Gasteiger partial charge is 0.547 e. The van der Waals surface area contributed by atoms with Crippen molar-refractivity contribution in [3.05, 3.63) is 29.3 Å². The van der Waals surface area contributed by atoms with Crippen LogP contribution in [-0.4, -0.2) is 52.9 Å². The molecule has 1 aromatic carbocycles. The molecule has 1 amide bonds. The van der Waals surface area contributed by atoms with Crippen LogP contribution < -0.4 is 39.6 Å². The number of amides is 1. The molecule has 1 unspecified atom stereocenters. The van der Waals surface area contributed by atoms with E-state index < -0.39 is 24.6 Å². The zero-order valence-corrected chi connectivity index (χ0v) is 16.4. The molecule has 0 saturated heterocycles. The minimum atomic E-state index is -1.52. The van der Waals surface area contributed by atoms with Gasteiger partial charge >= 0.3 is 29.6 Å². The predicted molar refractivity (Wildman–Crippen MR) is 83.7 cm³/mol. The monoisotopic (exact) mass is 349 g/mol. The van der Waals surface area contributed by atoms with Crippen molar-refractivity contribution >= 4 is 29.3 Å². The Morgan fingerprint density at radius 3 is 2.35 bits per heavy atom. The Hall–Kier alpha value is -0.570. The van der Waals surface area contributed by atoms with Gasteiger partial charge in [0.1, 0.15) is 12.7 Å². The number of para-hydroxylation sites is 1. The molecule has 0 aliphatic heterocycles. The summed E-state index contributed by atoms with van der Waals surface area (Å²) in [6, 6.07) is 5.65. The molecule has 122 valence electrons. The van der Waals surface area contributed by atoms with Gasteiger partial charge in [-0.3, -0.25) is 4.79 Å². The second kappa shape index (κ2) is 11.1. The van der Waals surface area contributed by atoms with E-state index in [0.29, 0.717) is 12.3 Å². The van der Waals surface area contributed by atoms with Crippen molar-refractivity contribution in [1.29, 1.82) is 0 Å². The molecule has 2 N–H and O–H groups in total. The molecule has 0 heterocycles. The fourth-order valence-electron chi connectivity index (χ4n) is 2.10. The molecule has 0 aliphatic carbocycles. The summed E-state index contributed by atoms with van der Waals surface area (Å²) < 4.78 is 0. The minimum absolute atomic E-state index is 0. The van der Waals surface area contributed by atoms with Crippen LogP contribution in [0.2, 0.25) is 0 Å². The van der Waals surface area contributed by atoms with E-state index in [1.807, 2.05) is 32.0 Å². The molecule has 1 aromatic rings. The van der Waals surface area contributed by atoms with Crippen molar-refractivity contribution < 1.29 is 54.5 Å². The molecule has 0 spiro atoms. The number of anilines is 1. The van der Waals surface area contributed by atoms with Crippen LogP contribution >= 0.6 is 11.8 Å². The van der Waals surface area contributed by atoms with Crippen LogP contribution in [0.25, 0.3) is 0 Å². The van der Waals surface area contributed by atoms with E-state index in [1.54, 1.807) is 0 Å². The Balaban J connectivity index is 0.00000484. The van der Waals surface area contributed by atoms with E-state index in [-0.39, 0.29) is 35.3 Å². The average Bonchev–Trinajstić information content (AvgIpc) is 2.47. The fraction of sp³-hybridized carbons (Fsp3) is 0.467. The van der Waals surface area contributed by atoms with Gasteiger partial charge in [-0.1, -0.05) is 18.2 Å². The van der Waals surface area contributed by atoms with Crippen LogP contribution in [0.1, 0.15) is 11.1 Å². The molecule has 0 bridgehead atoms. The van der Waals surface area contributed by atoms with E-state index >= 15 is 0 Å². The molecule has 0 fully saturated rings. The van der Waals surface area contributed by atoms with Crippen LogP contribution in [0.15, 0.2) is 18.2 Å². The maximum Gasteiger partial charge on any atom is 1.00 e. The van der Waals surface area contributed by atoms with Gasteiger partial charge < -0.3 is 25.0 Å². The van der Waals surface area contributed by atoms with Gasteiger partial charge in [0.05, 0.1) is 5.97 Å². The van der Waals surface area contributed by atoms with Crippen molar-refractivity contribution in [2.45, 2.75) is 20.0 Å². The first kappa shape index (κ1) is 22.4. The molecule has 6 nitrogen and oxygen atoms in total. The first-order chi connectivity index (χ1) is 10.4. The Labute approximate surface area is 162 Å². The topological polar surface area (TPSA) is 101 Å². The molecule has 0 saturated carbocycles. The minimum Gasteiger partial charge on any atom is -0.547 e. The van der Waals surface area contributed by atoms with Gasteiger partial charge in [0, 0.05) is 23.7 Å². The summed E-state index contributed by atoms with van der Waals surface area (Å²) in [5.41, 5.74) is 2.59. The van der Waals surface area contributed by atoms with E-state index in [9.17, 15) is 14.7 Å². The molecular weight excluding hydrogens is 329 g/mol. The second-order valence-electron chi connectivity index (χ2n) is 4.85. The number of aliphatic hydroxyl groups excluding tert-OH is 2. The quantitative estimate of drug-likeness (QED) is 0.373. The standard InChI is InChI=1S/C15H21NO5S.Na/c1-10-4-3-5-11(2)14(10)16(13(19)8-17)6-7-22-9-12(18)15(20)21;/h3-5,12,17-18H,6-9H2,1-2H3,(H,20,21);/q;+1/p-1. The van der Waals surface area contributed by atoms with E-state index in [1.165, 1.54) is 16.7 Å². The number of thioether (sulfide) groups is 1. The summed E-state index contributed by atoms with van der Waals surface area (Å²) in [6.07, 6.45) is -1.52. The van der Waals surface area contributed by atoms with Crippen LogP contribution in [0.5, 0.6) is 0 Å². The van der Waals surface area contributed by atoms with E-state index in [4.69, 9.17) is 10.2 Å². The molecule has 1 atom stereocenters.